The van der Waals surface area contributed by atoms with Crippen LogP contribution in [0.2, 0.25) is 0 Å². The zero-order valence-corrected chi connectivity index (χ0v) is 6.80. The second-order valence-corrected chi connectivity index (χ2v) is 3.32. The average Bonchev–Trinajstić information content (AvgIpc) is 1.95. The molecule has 60 valence electrons. The lowest BCUT2D eigenvalue weighted by Gasteiger charge is -2.34. The molecule has 0 aliphatic heterocycles. The molecular weight excluding hydrogens is 138 g/mol. The molecule has 1 fully saturated rings. The van der Waals surface area contributed by atoms with Crippen LogP contribution in [0.1, 0.15) is 26.2 Å². The van der Waals surface area contributed by atoms with Crippen LogP contribution >= 0.6 is 0 Å². The monoisotopic (exact) mass is 151 g/mol. The number of nitrogens with zero attached hydrogens (tertiary/aromatic N) is 1. The van der Waals surface area contributed by atoms with E-state index in [4.69, 9.17) is 5.26 Å². The second-order valence-electron chi connectivity index (χ2n) is 3.32. The van der Waals surface area contributed by atoms with Gasteiger partial charge in [-0.15, -0.1) is 0 Å². The molecule has 2 heteroatoms. The van der Waals surface area contributed by atoms with Gasteiger partial charge in [0.05, 0.1) is 17.6 Å². The number of hydrogen-bond acceptors (Lipinski definition) is 2. The summed E-state index contributed by atoms with van der Waals surface area (Å²) < 4.78 is 0. The first-order valence-electron chi connectivity index (χ1n) is 3.89. The van der Waals surface area contributed by atoms with Crippen molar-refractivity contribution in [2.45, 2.75) is 31.8 Å². The summed E-state index contributed by atoms with van der Waals surface area (Å²) in [5.74, 6) is -0.260. The minimum absolute atomic E-state index is 0.260. The summed E-state index contributed by atoms with van der Waals surface area (Å²) >= 11 is 0. The van der Waals surface area contributed by atoms with E-state index in [1.54, 1.807) is 6.92 Å². The van der Waals surface area contributed by atoms with E-state index in [9.17, 15) is 5.11 Å². The van der Waals surface area contributed by atoms with E-state index in [2.05, 4.69) is 12.6 Å². The summed E-state index contributed by atoms with van der Waals surface area (Å²) in [6.45, 7) is 5.45. The van der Waals surface area contributed by atoms with Gasteiger partial charge in [-0.05, 0) is 31.8 Å². The summed E-state index contributed by atoms with van der Waals surface area (Å²) in [5.41, 5.74) is -0.150. The van der Waals surface area contributed by atoms with Crippen molar-refractivity contribution in [2.75, 3.05) is 0 Å². The van der Waals surface area contributed by atoms with Gasteiger partial charge in [-0.2, -0.15) is 5.26 Å². The number of aliphatic hydroxyl groups is 1. The van der Waals surface area contributed by atoms with Crippen molar-refractivity contribution in [3.8, 4) is 6.07 Å². The van der Waals surface area contributed by atoms with Crippen LogP contribution in [0.4, 0.5) is 0 Å². The molecule has 1 rings (SSSR count). The van der Waals surface area contributed by atoms with Crippen molar-refractivity contribution >= 4 is 0 Å². The van der Waals surface area contributed by atoms with Crippen molar-refractivity contribution in [2.24, 2.45) is 5.92 Å². The normalized spacial score (nSPS) is 38.3. The van der Waals surface area contributed by atoms with Crippen molar-refractivity contribution in [1.82, 2.24) is 0 Å². The third kappa shape index (κ3) is 1.29. The van der Waals surface area contributed by atoms with Gasteiger partial charge >= 0.3 is 0 Å². The Morgan fingerprint density at radius 3 is 2.91 bits per heavy atom. The fourth-order valence-electron chi connectivity index (χ4n) is 1.49. The summed E-state index contributed by atoms with van der Waals surface area (Å²) in [7, 11) is 0. The molecule has 1 N–H and O–H groups in total. The smallest absolute Gasteiger partial charge is 0.0983 e. The van der Waals surface area contributed by atoms with Crippen LogP contribution in [-0.2, 0) is 0 Å². The first-order chi connectivity index (χ1) is 5.09. The number of rotatable bonds is 0. The Bertz CT molecular complexity index is 212. The largest absolute Gasteiger partial charge is 0.384 e. The molecule has 0 heterocycles. The zero-order chi connectivity index (χ0) is 8.48. The quantitative estimate of drug-likeness (QED) is 0.534. The third-order valence-corrected chi connectivity index (χ3v) is 2.52. The average molecular weight is 151 g/mol. The molecule has 2 atom stereocenters. The van der Waals surface area contributed by atoms with E-state index >= 15 is 0 Å². The van der Waals surface area contributed by atoms with Crippen LogP contribution in [0.5, 0.6) is 0 Å². The standard InChI is InChI=1S/C9H13NO/c1-7-4-3-5-8(6-10)9(7,2)11/h8,11H,1,3-5H2,2H3. The first kappa shape index (κ1) is 8.29. The molecule has 1 aliphatic rings. The lowest BCUT2D eigenvalue weighted by molar-refractivity contribution is 0.0382. The van der Waals surface area contributed by atoms with E-state index < -0.39 is 5.60 Å². The second kappa shape index (κ2) is 2.67. The Hall–Kier alpha value is -0.810. The molecule has 0 radical (unpaired) electrons. The van der Waals surface area contributed by atoms with Gasteiger partial charge in [0.15, 0.2) is 0 Å². The minimum atomic E-state index is -0.951. The predicted octanol–water partition coefficient (Wildman–Crippen LogP) is 1.62. The Kier molecular flexibility index (Phi) is 2.01. The summed E-state index contributed by atoms with van der Waals surface area (Å²) in [4.78, 5) is 0. The molecule has 0 saturated heterocycles. The third-order valence-electron chi connectivity index (χ3n) is 2.52. The Morgan fingerprint density at radius 1 is 1.82 bits per heavy atom. The molecular formula is C9H13NO. The first-order valence-corrected chi connectivity index (χ1v) is 3.89. The van der Waals surface area contributed by atoms with Crippen LogP contribution in [0.15, 0.2) is 12.2 Å². The van der Waals surface area contributed by atoms with Crippen LogP contribution in [0.25, 0.3) is 0 Å². The molecule has 0 aromatic carbocycles. The molecule has 2 nitrogen and oxygen atoms in total. The highest BCUT2D eigenvalue weighted by atomic mass is 16.3. The van der Waals surface area contributed by atoms with Gasteiger partial charge in [0.2, 0.25) is 0 Å². The molecule has 0 aromatic rings. The molecule has 1 aliphatic carbocycles. The van der Waals surface area contributed by atoms with Crippen LogP contribution in [0, 0.1) is 17.2 Å². The Balaban J connectivity index is 2.83. The van der Waals surface area contributed by atoms with Crippen molar-refractivity contribution < 1.29 is 5.11 Å². The van der Waals surface area contributed by atoms with Gasteiger partial charge in [0.25, 0.3) is 0 Å². The van der Waals surface area contributed by atoms with Gasteiger partial charge in [-0.1, -0.05) is 6.58 Å². The zero-order valence-electron chi connectivity index (χ0n) is 6.80. The Morgan fingerprint density at radius 2 is 2.45 bits per heavy atom. The molecule has 0 bridgehead atoms. The van der Waals surface area contributed by atoms with Crippen molar-refractivity contribution in [3.63, 3.8) is 0 Å². The lowest BCUT2D eigenvalue weighted by Crippen LogP contribution is -2.38. The summed E-state index contributed by atoms with van der Waals surface area (Å²) in [6.07, 6.45) is 2.63. The van der Waals surface area contributed by atoms with Crippen LogP contribution < -0.4 is 0 Å². The van der Waals surface area contributed by atoms with Gasteiger partial charge in [0.1, 0.15) is 0 Å². The summed E-state index contributed by atoms with van der Waals surface area (Å²) in [5, 5.41) is 18.5. The molecule has 2 unspecified atom stereocenters. The fourth-order valence-corrected chi connectivity index (χ4v) is 1.49. The molecule has 0 aromatic heterocycles. The van der Waals surface area contributed by atoms with Gasteiger partial charge in [-0.25, -0.2) is 0 Å². The molecule has 1 saturated carbocycles. The van der Waals surface area contributed by atoms with Crippen LogP contribution in [-0.4, -0.2) is 10.7 Å². The highest BCUT2D eigenvalue weighted by molar-refractivity contribution is 5.19. The minimum Gasteiger partial charge on any atom is -0.384 e. The maximum atomic E-state index is 9.78. The molecule has 0 spiro atoms. The highest BCUT2D eigenvalue weighted by Gasteiger charge is 2.37. The van der Waals surface area contributed by atoms with Crippen LogP contribution in [0.3, 0.4) is 0 Å². The van der Waals surface area contributed by atoms with E-state index in [0.29, 0.717) is 0 Å². The van der Waals surface area contributed by atoms with Gasteiger partial charge in [0, 0.05) is 0 Å². The lowest BCUT2D eigenvalue weighted by atomic mass is 9.74. The predicted molar refractivity (Wildman–Crippen MR) is 42.7 cm³/mol. The highest BCUT2D eigenvalue weighted by Crippen LogP contribution is 2.36. The van der Waals surface area contributed by atoms with E-state index in [-0.39, 0.29) is 5.92 Å². The Labute approximate surface area is 67.2 Å². The van der Waals surface area contributed by atoms with Crippen molar-refractivity contribution in [3.05, 3.63) is 12.2 Å². The van der Waals surface area contributed by atoms with E-state index in [1.165, 1.54) is 0 Å². The SMILES string of the molecule is C=C1CCCC(C#N)C1(C)O. The summed E-state index contributed by atoms with van der Waals surface area (Å²) in [6, 6.07) is 2.11. The number of nitriles is 1. The van der Waals surface area contributed by atoms with Crippen molar-refractivity contribution in [1.29, 1.82) is 5.26 Å². The topological polar surface area (TPSA) is 44.0 Å². The van der Waals surface area contributed by atoms with E-state index in [0.717, 1.165) is 24.8 Å². The van der Waals surface area contributed by atoms with E-state index in [1.807, 2.05) is 0 Å². The fraction of sp³-hybridized carbons (Fsp3) is 0.667. The molecule has 0 amide bonds. The maximum Gasteiger partial charge on any atom is 0.0983 e. The molecule has 11 heavy (non-hydrogen) atoms. The van der Waals surface area contributed by atoms with Gasteiger partial charge < -0.3 is 5.11 Å². The maximum absolute atomic E-state index is 9.78. The number of hydrogen-bond donors (Lipinski definition) is 1. The van der Waals surface area contributed by atoms with Gasteiger partial charge in [-0.3, -0.25) is 0 Å².